The second kappa shape index (κ2) is 5.46. The summed E-state index contributed by atoms with van der Waals surface area (Å²) in [6.45, 7) is 0. The van der Waals surface area contributed by atoms with Gasteiger partial charge in [0.25, 0.3) is 5.89 Å². The molecule has 0 amide bonds. The SMILES string of the molecule is COc1cc(N)ccc1-c1noc(-c2ccccc2Cl)n1. The van der Waals surface area contributed by atoms with Crippen molar-refractivity contribution in [3.05, 3.63) is 47.5 Å². The van der Waals surface area contributed by atoms with Gasteiger partial charge in [-0.25, -0.2) is 0 Å². The maximum atomic E-state index is 6.12. The Morgan fingerprint density at radius 3 is 2.71 bits per heavy atom. The van der Waals surface area contributed by atoms with Gasteiger partial charge >= 0.3 is 0 Å². The first-order valence-electron chi connectivity index (χ1n) is 6.21. The van der Waals surface area contributed by atoms with Gasteiger partial charge in [-0.3, -0.25) is 0 Å². The molecule has 3 rings (SSSR count). The van der Waals surface area contributed by atoms with Crippen LogP contribution >= 0.6 is 11.6 Å². The van der Waals surface area contributed by atoms with Crippen LogP contribution < -0.4 is 10.5 Å². The average Bonchev–Trinajstić information content (AvgIpc) is 2.97. The molecule has 0 aliphatic rings. The molecular formula is C15H12ClN3O2. The second-order valence-corrected chi connectivity index (χ2v) is 4.77. The van der Waals surface area contributed by atoms with Gasteiger partial charge in [-0.05, 0) is 24.3 Å². The van der Waals surface area contributed by atoms with Gasteiger partial charge < -0.3 is 15.0 Å². The summed E-state index contributed by atoms with van der Waals surface area (Å²) in [5.74, 6) is 1.36. The summed E-state index contributed by atoms with van der Waals surface area (Å²) in [7, 11) is 1.56. The number of hydrogen-bond donors (Lipinski definition) is 1. The van der Waals surface area contributed by atoms with Crippen molar-refractivity contribution in [2.24, 2.45) is 0 Å². The molecule has 0 aliphatic carbocycles. The van der Waals surface area contributed by atoms with Crippen molar-refractivity contribution in [2.75, 3.05) is 12.8 Å². The minimum Gasteiger partial charge on any atom is -0.496 e. The molecule has 1 aromatic heterocycles. The van der Waals surface area contributed by atoms with Crippen LogP contribution in [0.5, 0.6) is 5.75 Å². The molecule has 0 unspecified atom stereocenters. The van der Waals surface area contributed by atoms with E-state index in [0.717, 1.165) is 0 Å². The van der Waals surface area contributed by atoms with Crippen LogP contribution in [0, 0.1) is 0 Å². The van der Waals surface area contributed by atoms with E-state index in [2.05, 4.69) is 10.1 Å². The summed E-state index contributed by atoms with van der Waals surface area (Å²) in [6.07, 6.45) is 0. The third kappa shape index (κ3) is 2.55. The number of nitrogen functional groups attached to an aromatic ring is 1. The maximum absolute atomic E-state index is 6.12. The summed E-state index contributed by atoms with van der Waals surface area (Å²) in [6, 6.07) is 12.5. The number of aromatic nitrogens is 2. The molecule has 0 radical (unpaired) electrons. The predicted octanol–water partition coefficient (Wildman–Crippen LogP) is 3.65. The predicted molar refractivity (Wildman–Crippen MR) is 81.1 cm³/mol. The standard InChI is InChI=1S/C15H12ClN3O2/c1-20-13-8-9(17)6-7-11(13)14-18-15(21-19-14)10-4-2-3-5-12(10)16/h2-8H,17H2,1H3. The Hall–Kier alpha value is -2.53. The molecule has 0 aliphatic heterocycles. The van der Waals surface area contributed by atoms with Crippen molar-refractivity contribution in [1.29, 1.82) is 0 Å². The van der Waals surface area contributed by atoms with E-state index >= 15 is 0 Å². The number of halogens is 1. The molecular weight excluding hydrogens is 290 g/mol. The molecule has 6 heteroatoms. The highest BCUT2D eigenvalue weighted by molar-refractivity contribution is 6.33. The molecule has 1 heterocycles. The summed E-state index contributed by atoms with van der Waals surface area (Å²) < 4.78 is 10.6. The monoisotopic (exact) mass is 301 g/mol. The fourth-order valence-electron chi connectivity index (χ4n) is 1.97. The van der Waals surface area contributed by atoms with E-state index in [1.807, 2.05) is 18.2 Å². The normalized spacial score (nSPS) is 10.6. The van der Waals surface area contributed by atoms with Crippen LogP contribution in [0.2, 0.25) is 5.02 Å². The summed E-state index contributed by atoms with van der Waals surface area (Å²) in [5, 5.41) is 4.53. The summed E-state index contributed by atoms with van der Waals surface area (Å²) in [4.78, 5) is 4.37. The van der Waals surface area contributed by atoms with Crippen molar-refractivity contribution >= 4 is 17.3 Å². The zero-order valence-corrected chi connectivity index (χ0v) is 12.0. The van der Waals surface area contributed by atoms with Gasteiger partial charge in [0, 0.05) is 11.8 Å². The minimum atomic E-state index is 0.356. The Labute approximate surface area is 126 Å². The van der Waals surface area contributed by atoms with Gasteiger partial charge in [0.1, 0.15) is 5.75 Å². The molecule has 5 nitrogen and oxygen atoms in total. The van der Waals surface area contributed by atoms with Gasteiger partial charge in [-0.15, -0.1) is 0 Å². The number of ether oxygens (including phenoxy) is 1. The van der Waals surface area contributed by atoms with E-state index in [-0.39, 0.29) is 0 Å². The van der Waals surface area contributed by atoms with Gasteiger partial charge in [0.2, 0.25) is 5.82 Å². The number of anilines is 1. The molecule has 21 heavy (non-hydrogen) atoms. The van der Waals surface area contributed by atoms with Crippen LogP contribution in [0.1, 0.15) is 0 Å². The lowest BCUT2D eigenvalue weighted by Gasteiger charge is -2.05. The van der Waals surface area contributed by atoms with Gasteiger partial charge in [-0.2, -0.15) is 4.98 Å². The third-order valence-corrected chi connectivity index (χ3v) is 3.33. The van der Waals surface area contributed by atoms with E-state index in [1.54, 1.807) is 31.4 Å². The first kappa shape index (κ1) is 13.5. The van der Waals surface area contributed by atoms with Crippen LogP contribution in [0.25, 0.3) is 22.8 Å². The lowest BCUT2D eigenvalue weighted by atomic mass is 10.1. The Balaban J connectivity index is 2.05. The highest BCUT2D eigenvalue weighted by Crippen LogP contribution is 2.32. The first-order chi connectivity index (χ1) is 10.2. The first-order valence-corrected chi connectivity index (χ1v) is 6.59. The van der Waals surface area contributed by atoms with E-state index in [1.165, 1.54) is 0 Å². The van der Waals surface area contributed by atoms with Gasteiger partial charge in [0.15, 0.2) is 0 Å². The molecule has 0 atom stereocenters. The fraction of sp³-hybridized carbons (Fsp3) is 0.0667. The number of methoxy groups -OCH3 is 1. The number of benzene rings is 2. The zero-order chi connectivity index (χ0) is 14.8. The van der Waals surface area contributed by atoms with Crippen LogP contribution in [0.4, 0.5) is 5.69 Å². The molecule has 0 bridgehead atoms. The van der Waals surface area contributed by atoms with Crippen LogP contribution in [0.3, 0.4) is 0 Å². The molecule has 106 valence electrons. The highest BCUT2D eigenvalue weighted by Gasteiger charge is 2.16. The van der Waals surface area contributed by atoms with Crippen molar-refractivity contribution in [1.82, 2.24) is 10.1 Å². The van der Waals surface area contributed by atoms with Crippen molar-refractivity contribution in [3.63, 3.8) is 0 Å². The molecule has 0 spiro atoms. The average molecular weight is 302 g/mol. The van der Waals surface area contributed by atoms with E-state index in [9.17, 15) is 0 Å². The topological polar surface area (TPSA) is 74.2 Å². The summed E-state index contributed by atoms with van der Waals surface area (Å²) in [5.41, 5.74) is 7.73. The molecule has 0 saturated heterocycles. The Kier molecular flexibility index (Phi) is 3.50. The largest absolute Gasteiger partial charge is 0.496 e. The Bertz CT molecular complexity index is 786. The molecule has 2 aromatic carbocycles. The Morgan fingerprint density at radius 2 is 1.95 bits per heavy atom. The molecule has 2 N–H and O–H groups in total. The Morgan fingerprint density at radius 1 is 1.14 bits per heavy atom. The van der Waals surface area contributed by atoms with Crippen LogP contribution in [-0.4, -0.2) is 17.3 Å². The van der Waals surface area contributed by atoms with Gasteiger partial charge in [0.05, 0.1) is 23.3 Å². The fourth-order valence-corrected chi connectivity index (χ4v) is 2.19. The molecule has 0 fully saturated rings. The lowest BCUT2D eigenvalue weighted by Crippen LogP contribution is -1.92. The third-order valence-electron chi connectivity index (χ3n) is 3.00. The molecule has 3 aromatic rings. The van der Waals surface area contributed by atoms with E-state index in [4.69, 9.17) is 26.6 Å². The second-order valence-electron chi connectivity index (χ2n) is 4.36. The smallest absolute Gasteiger partial charge is 0.259 e. The quantitative estimate of drug-likeness (QED) is 0.747. The summed E-state index contributed by atoms with van der Waals surface area (Å²) >= 11 is 6.12. The van der Waals surface area contributed by atoms with Crippen molar-refractivity contribution < 1.29 is 9.26 Å². The maximum Gasteiger partial charge on any atom is 0.259 e. The lowest BCUT2D eigenvalue weighted by molar-refractivity contribution is 0.413. The molecule has 0 saturated carbocycles. The van der Waals surface area contributed by atoms with E-state index in [0.29, 0.717) is 39.3 Å². The number of rotatable bonds is 3. The highest BCUT2D eigenvalue weighted by atomic mass is 35.5. The van der Waals surface area contributed by atoms with Crippen LogP contribution in [0.15, 0.2) is 47.0 Å². The van der Waals surface area contributed by atoms with Crippen molar-refractivity contribution in [2.45, 2.75) is 0 Å². The van der Waals surface area contributed by atoms with E-state index < -0.39 is 0 Å². The number of nitrogens with zero attached hydrogens (tertiary/aromatic N) is 2. The number of hydrogen-bond acceptors (Lipinski definition) is 5. The van der Waals surface area contributed by atoms with Gasteiger partial charge in [-0.1, -0.05) is 28.9 Å². The zero-order valence-electron chi connectivity index (χ0n) is 11.2. The van der Waals surface area contributed by atoms with Crippen LogP contribution in [-0.2, 0) is 0 Å². The minimum absolute atomic E-state index is 0.356. The number of nitrogens with two attached hydrogens (primary N) is 1. The van der Waals surface area contributed by atoms with Crippen molar-refractivity contribution in [3.8, 4) is 28.6 Å².